The van der Waals surface area contributed by atoms with E-state index < -0.39 is 0 Å². The summed E-state index contributed by atoms with van der Waals surface area (Å²) < 4.78 is 1.11. The summed E-state index contributed by atoms with van der Waals surface area (Å²) in [5, 5.41) is 8.10. The van der Waals surface area contributed by atoms with Crippen LogP contribution < -0.4 is 10.6 Å². The molecule has 1 amide bonds. The van der Waals surface area contributed by atoms with Gasteiger partial charge in [-0.15, -0.1) is 11.3 Å². The van der Waals surface area contributed by atoms with Crippen molar-refractivity contribution in [3.8, 4) is 0 Å². The molecule has 0 radical (unpaired) electrons. The van der Waals surface area contributed by atoms with Gasteiger partial charge in [-0.1, -0.05) is 0 Å². The maximum atomic E-state index is 11.3. The topological polar surface area (TPSA) is 41.1 Å². The van der Waals surface area contributed by atoms with Crippen molar-refractivity contribution < 1.29 is 4.79 Å². The molecule has 0 spiro atoms. The van der Waals surface area contributed by atoms with Gasteiger partial charge in [-0.2, -0.15) is 0 Å². The summed E-state index contributed by atoms with van der Waals surface area (Å²) in [4.78, 5) is 12.6. The average Bonchev–Trinajstić information content (AvgIpc) is 2.91. The van der Waals surface area contributed by atoms with Gasteiger partial charge in [0, 0.05) is 21.9 Å². The minimum atomic E-state index is 0.102. The van der Waals surface area contributed by atoms with Gasteiger partial charge in [-0.25, -0.2) is 0 Å². The van der Waals surface area contributed by atoms with E-state index in [1.54, 1.807) is 11.3 Å². The van der Waals surface area contributed by atoms with E-state index >= 15 is 0 Å². The van der Waals surface area contributed by atoms with E-state index in [2.05, 4.69) is 26.6 Å². The Kier molecular flexibility index (Phi) is 3.77. The van der Waals surface area contributed by atoms with Crippen LogP contribution in [-0.4, -0.2) is 18.5 Å². The van der Waals surface area contributed by atoms with Crippen molar-refractivity contribution in [3.63, 3.8) is 0 Å². The highest BCUT2D eigenvalue weighted by Crippen LogP contribution is 2.22. The minimum absolute atomic E-state index is 0.102. The number of nitrogens with one attached hydrogen (secondary N) is 2. The zero-order valence-corrected chi connectivity index (χ0v) is 10.7. The van der Waals surface area contributed by atoms with Crippen LogP contribution in [0.4, 0.5) is 0 Å². The van der Waals surface area contributed by atoms with Crippen molar-refractivity contribution in [3.05, 3.63) is 20.8 Å². The van der Waals surface area contributed by atoms with E-state index in [1.807, 2.05) is 11.4 Å². The van der Waals surface area contributed by atoms with E-state index in [1.165, 1.54) is 4.88 Å². The quantitative estimate of drug-likeness (QED) is 0.869. The standard InChI is InChI=1S/C10H13BrN2OS/c11-8-3-4-15-9(8)5-12-6-10(14)13-7-1-2-7/h3-4,7,12H,1-2,5-6H2,(H,13,14). The molecule has 0 bridgehead atoms. The molecule has 3 nitrogen and oxygen atoms in total. The Balaban J connectivity index is 1.65. The number of amides is 1. The van der Waals surface area contributed by atoms with Crippen LogP contribution in [-0.2, 0) is 11.3 Å². The van der Waals surface area contributed by atoms with Gasteiger partial charge < -0.3 is 10.6 Å². The Morgan fingerprint density at radius 3 is 3.00 bits per heavy atom. The second-order valence-electron chi connectivity index (χ2n) is 3.64. The summed E-state index contributed by atoms with van der Waals surface area (Å²) in [7, 11) is 0. The molecular weight excluding hydrogens is 276 g/mol. The number of hydrogen-bond donors (Lipinski definition) is 2. The van der Waals surface area contributed by atoms with E-state index in [-0.39, 0.29) is 5.91 Å². The second-order valence-corrected chi connectivity index (χ2v) is 5.49. The van der Waals surface area contributed by atoms with Crippen LogP contribution >= 0.6 is 27.3 Å². The number of carbonyl (C=O) groups is 1. The van der Waals surface area contributed by atoms with Crippen molar-refractivity contribution in [2.75, 3.05) is 6.54 Å². The molecule has 1 fully saturated rings. The molecule has 82 valence electrons. The molecule has 0 aromatic carbocycles. The molecule has 15 heavy (non-hydrogen) atoms. The molecule has 1 aromatic heterocycles. The highest BCUT2D eigenvalue weighted by atomic mass is 79.9. The number of thiophene rings is 1. The highest BCUT2D eigenvalue weighted by molar-refractivity contribution is 9.10. The fourth-order valence-corrected chi connectivity index (χ4v) is 2.71. The molecule has 1 saturated carbocycles. The minimum Gasteiger partial charge on any atom is -0.352 e. The normalized spacial score (nSPS) is 15.3. The van der Waals surface area contributed by atoms with Crippen molar-refractivity contribution in [2.24, 2.45) is 0 Å². The van der Waals surface area contributed by atoms with Gasteiger partial charge in [0.05, 0.1) is 6.54 Å². The maximum Gasteiger partial charge on any atom is 0.234 e. The third-order valence-corrected chi connectivity index (χ3v) is 4.13. The van der Waals surface area contributed by atoms with Gasteiger partial charge >= 0.3 is 0 Å². The highest BCUT2D eigenvalue weighted by Gasteiger charge is 2.22. The molecule has 1 aromatic rings. The number of carbonyl (C=O) groups excluding carboxylic acids is 1. The number of hydrogen-bond acceptors (Lipinski definition) is 3. The molecule has 1 heterocycles. The van der Waals surface area contributed by atoms with Gasteiger partial charge in [0.1, 0.15) is 0 Å². The molecule has 2 rings (SSSR count). The Bertz CT molecular complexity index is 349. The van der Waals surface area contributed by atoms with Gasteiger partial charge in [0.15, 0.2) is 0 Å². The predicted octanol–water partition coefficient (Wildman–Crippen LogP) is 1.88. The third-order valence-electron chi connectivity index (χ3n) is 2.20. The summed E-state index contributed by atoms with van der Waals surface area (Å²) >= 11 is 5.14. The van der Waals surface area contributed by atoms with Crippen LogP contribution in [0.5, 0.6) is 0 Å². The molecular formula is C10H13BrN2OS. The Hall–Kier alpha value is -0.390. The number of rotatable bonds is 5. The SMILES string of the molecule is O=C(CNCc1sccc1Br)NC1CC1. The first-order valence-corrected chi connectivity index (χ1v) is 6.65. The monoisotopic (exact) mass is 288 g/mol. The molecule has 0 saturated heterocycles. The predicted molar refractivity (Wildman–Crippen MR) is 64.9 cm³/mol. The zero-order chi connectivity index (χ0) is 10.7. The van der Waals surface area contributed by atoms with Crippen LogP contribution in [0, 0.1) is 0 Å². The van der Waals surface area contributed by atoms with E-state index in [4.69, 9.17) is 0 Å². The van der Waals surface area contributed by atoms with Gasteiger partial charge in [-0.05, 0) is 40.2 Å². The first-order chi connectivity index (χ1) is 7.25. The third kappa shape index (κ3) is 3.59. The van der Waals surface area contributed by atoms with Crippen LogP contribution in [0.3, 0.4) is 0 Å². The Morgan fingerprint density at radius 1 is 1.60 bits per heavy atom. The first kappa shape index (κ1) is 11.1. The summed E-state index contributed by atoms with van der Waals surface area (Å²) in [5.74, 6) is 0.102. The summed E-state index contributed by atoms with van der Waals surface area (Å²) in [6, 6.07) is 2.47. The van der Waals surface area contributed by atoms with Crippen molar-refractivity contribution in [2.45, 2.75) is 25.4 Å². The lowest BCUT2D eigenvalue weighted by atomic mass is 10.4. The molecule has 5 heteroatoms. The van der Waals surface area contributed by atoms with Crippen LogP contribution in [0.25, 0.3) is 0 Å². The molecule has 0 aliphatic heterocycles. The fourth-order valence-electron chi connectivity index (χ4n) is 1.25. The van der Waals surface area contributed by atoms with E-state index in [0.29, 0.717) is 12.6 Å². The molecule has 0 unspecified atom stereocenters. The van der Waals surface area contributed by atoms with E-state index in [0.717, 1.165) is 23.9 Å². The fraction of sp³-hybridized carbons (Fsp3) is 0.500. The Labute approximate surface area is 101 Å². The van der Waals surface area contributed by atoms with Gasteiger partial charge in [0.25, 0.3) is 0 Å². The average molecular weight is 289 g/mol. The van der Waals surface area contributed by atoms with Crippen molar-refractivity contribution >= 4 is 33.2 Å². The van der Waals surface area contributed by atoms with E-state index in [9.17, 15) is 4.79 Å². The zero-order valence-electron chi connectivity index (χ0n) is 8.25. The molecule has 0 atom stereocenters. The lowest BCUT2D eigenvalue weighted by molar-refractivity contribution is -0.120. The lowest BCUT2D eigenvalue weighted by Gasteiger charge is -2.04. The smallest absolute Gasteiger partial charge is 0.234 e. The summed E-state index contributed by atoms with van der Waals surface area (Å²) in [6.45, 7) is 1.15. The molecule has 2 N–H and O–H groups in total. The largest absolute Gasteiger partial charge is 0.352 e. The van der Waals surface area contributed by atoms with Crippen LogP contribution in [0.1, 0.15) is 17.7 Å². The van der Waals surface area contributed by atoms with Gasteiger partial charge in [-0.3, -0.25) is 4.79 Å². The number of halogens is 1. The van der Waals surface area contributed by atoms with Crippen LogP contribution in [0.2, 0.25) is 0 Å². The second kappa shape index (κ2) is 5.09. The summed E-state index contributed by atoms with van der Waals surface area (Å²) in [6.07, 6.45) is 2.28. The van der Waals surface area contributed by atoms with Crippen molar-refractivity contribution in [1.82, 2.24) is 10.6 Å². The Morgan fingerprint density at radius 2 is 2.40 bits per heavy atom. The van der Waals surface area contributed by atoms with Crippen LogP contribution in [0.15, 0.2) is 15.9 Å². The molecule has 1 aliphatic carbocycles. The van der Waals surface area contributed by atoms with Gasteiger partial charge in [0.2, 0.25) is 5.91 Å². The first-order valence-electron chi connectivity index (χ1n) is 4.97. The molecule has 1 aliphatic rings. The summed E-state index contributed by atoms with van der Waals surface area (Å²) in [5.41, 5.74) is 0. The lowest BCUT2D eigenvalue weighted by Crippen LogP contribution is -2.34. The van der Waals surface area contributed by atoms with Crippen molar-refractivity contribution in [1.29, 1.82) is 0 Å². The maximum absolute atomic E-state index is 11.3.